The average molecular weight is 484 g/mol. The maximum atomic E-state index is 13.0. The number of benzene rings is 2. The third-order valence-electron chi connectivity index (χ3n) is 4.79. The normalized spacial score (nSPS) is 11.8. The number of halogens is 1. The molecule has 0 saturated carbocycles. The molecule has 10 heteroatoms. The third-order valence-corrected chi connectivity index (χ3v) is 6.67. The Bertz CT molecular complexity index is 1190. The predicted molar refractivity (Wildman–Crippen MR) is 127 cm³/mol. The molecule has 2 aromatic carbocycles. The van der Waals surface area contributed by atoms with Crippen LogP contribution in [0.1, 0.15) is 27.9 Å². The molecule has 0 aliphatic carbocycles. The molecule has 1 amide bonds. The minimum Gasteiger partial charge on any atom is -0.486 e. The number of thioether (sulfide) groups is 1. The first-order valence-electron chi connectivity index (χ1n) is 10.1. The molecule has 3 N–H and O–H groups in total. The summed E-state index contributed by atoms with van der Waals surface area (Å²) in [6.45, 7) is 2.09. The monoisotopic (exact) mass is 483 g/mol. The van der Waals surface area contributed by atoms with E-state index in [9.17, 15) is 9.18 Å². The predicted octanol–water partition coefficient (Wildman–Crippen LogP) is 4.08. The minimum absolute atomic E-state index is 0.0652. The third kappa shape index (κ3) is 5.91. The van der Waals surface area contributed by atoms with Crippen molar-refractivity contribution >= 4 is 29.0 Å². The second kappa shape index (κ2) is 10.5. The van der Waals surface area contributed by atoms with Gasteiger partial charge in [-0.05, 0) is 48.2 Å². The zero-order chi connectivity index (χ0) is 23.2. The van der Waals surface area contributed by atoms with Crippen LogP contribution in [0.3, 0.4) is 0 Å². The number of aryl methyl sites for hydroxylation is 1. The van der Waals surface area contributed by atoms with Crippen LogP contribution in [-0.2, 0) is 11.4 Å². The Morgan fingerprint density at radius 3 is 2.64 bits per heavy atom. The molecule has 7 nitrogen and oxygen atoms in total. The van der Waals surface area contributed by atoms with Crippen LogP contribution in [0.15, 0.2) is 71.2 Å². The molecule has 0 radical (unpaired) electrons. The Morgan fingerprint density at radius 1 is 1.18 bits per heavy atom. The van der Waals surface area contributed by atoms with E-state index in [1.165, 1.54) is 40.7 Å². The van der Waals surface area contributed by atoms with E-state index in [4.69, 9.17) is 10.6 Å². The Labute approximate surface area is 198 Å². The highest BCUT2D eigenvalue weighted by atomic mass is 32.2. The number of nitrogens with zero attached hydrogens (tertiary/aromatic N) is 3. The van der Waals surface area contributed by atoms with E-state index in [1.54, 1.807) is 11.3 Å². The molecule has 4 rings (SSSR count). The van der Waals surface area contributed by atoms with Crippen molar-refractivity contribution in [3.8, 4) is 5.75 Å². The molecule has 1 atom stereocenters. The van der Waals surface area contributed by atoms with Crippen molar-refractivity contribution < 1.29 is 13.9 Å². The summed E-state index contributed by atoms with van der Waals surface area (Å²) in [5.74, 6) is 6.58. The lowest BCUT2D eigenvalue weighted by molar-refractivity contribution is -0.119. The maximum absolute atomic E-state index is 13.0. The number of hydrogen-bond acceptors (Lipinski definition) is 7. The number of nitrogen functional groups attached to an aromatic ring is 1. The number of rotatable bonds is 9. The van der Waals surface area contributed by atoms with Crippen LogP contribution in [0, 0.1) is 12.7 Å². The molecule has 170 valence electrons. The zero-order valence-corrected chi connectivity index (χ0v) is 19.4. The van der Waals surface area contributed by atoms with E-state index in [2.05, 4.69) is 15.5 Å². The summed E-state index contributed by atoms with van der Waals surface area (Å²) < 4.78 is 19.9. The molecule has 0 aliphatic rings. The Kier molecular flexibility index (Phi) is 7.26. The summed E-state index contributed by atoms with van der Waals surface area (Å²) in [6, 6.07) is 17.5. The van der Waals surface area contributed by atoms with E-state index in [0.29, 0.717) is 16.7 Å². The lowest BCUT2D eigenvalue weighted by Crippen LogP contribution is -2.30. The number of amides is 1. The molecular formula is C23H22FN5O2S2. The number of aromatic nitrogens is 3. The zero-order valence-electron chi connectivity index (χ0n) is 17.8. The van der Waals surface area contributed by atoms with Gasteiger partial charge in [0.2, 0.25) is 11.1 Å². The van der Waals surface area contributed by atoms with Gasteiger partial charge in [0.1, 0.15) is 18.2 Å². The van der Waals surface area contributed by atoms with Crippen LogP contribution >= 0.6 is 23.1 Å². The first kappa shape index (κ1) is 22.8. The van der Waals surface area contributed by atoms with E-state index in [1.807, 2.05) is 48.7 Å². The summed E-state index contributed by atoms with van der Waals surface area (Å²) in [5, 5.41) is 13.5. The van der Waals surface area contributed by atoms with Crippen LogP contribution in [-0.4, -0.2) is 26.5 Å². The van der Waals surface area contributed by atoms with Crippen molar-refractivity contribution in [1.82, 2.24) is 20.2 Å². The highest BCUT2D eigenvalue weighted by Crippen LogP contribution is 2.27. The number of carbonyl (C=O) groups excluding carboxylic acids is 1. The summed E-state index contributed by atoms with van der Waals surface area (Å²) in [4.78, 5) is 13.8. The van der Waals surface area contributed by atoms with Gasteiger partial charge in [0.15, 0.2) is 5.82 Å². The lowest BCUT2D eigenvalue weighted by Gasteiger charge is -2.18. The molecule has 33 heavy (non-hydrogen) atoms. The fourth-order valence-corrected chi connectivity index (χ4v) is 4.54. The largest absolute Gasteiger partial charge is 0.486 e. The second-order valence-electron chi connectivity index (χ2n) is 7.23. The van der Waals surface area contributed by atoms with Gasteiger partial charge in [-0.1, -0.05) is 47.7 Å². The second-order valence-corrected chi connectivity index (χ2v) is 9.15. The Hall–Kier alpha value is -3.37. The standard InChI is InChI=1S/C23H22FN5O2S2/c1-15-4-6-16(7-5-15)22(19-3-2-12-32-19)26-21(30)14-33-23-28-27-20(29(23)25)13-31-18-10-8-17(24)9-11-18/h2-12,22H,13-14,25H2,1H3,(H,26,30)/t22-/m0/s1. The molecule has 4 aromatic rings. The highest BCUT2D eigenvalue weighted by Gasteiger charge is 2.19. The minimum atomic E-state index is -0.343. The highest BCUT2D eigenvalue weighted by molar-refractivity contribution is 7.99. The maximum Gasteiger partial charge on any atom is 0.231 e. The van der Waals surface area contributed by atoms with Crippen LogP contribution in [0.5, 0.6) is 5.75 Å². The molecule has 2 aromatic heterocycles. The summed E-state index contributed by atoms with van der Waals surface area (Å²) in [6.07, 6.45) is 0. The van der Waals surface area contributed by atoms with E-state index >= 15 is 0 Å². The van der Waals surface area contributed by atoms with Gasteiger partial charge in [-0.2, -0.15) is 0 Å². The molecular weight excluding hydrogens is 461 g/mol. The van der Waals surface area contributed by atoms with Gasteiger partial charge in [0.25, 0.3) is 0 Å². The summed E-state index contributed by atoms with van der Waals surface area (Å²) in [5.41, 5.74) is 2.18. The van der Waals surface area contributed by atoms with Gasteiger partial charge in [0.05, 0.1) is 11.8 Å². The smallest absolute Gasteiger partial charge is 0.231 e. The van der Waals surface area contributed by atoms with Crippen molar-refractivity contribution in [2.75, 3.05) is 11.6 Å². The molecule has 0 unspecified atom stereocenters. The van der Waals surface area contributed by atoms with Crippen molar-refractivity contribution in [3.05, 3.63) is 93.7 Å². The van der Waals surface area contributed by atoms with Crippen LogP contribution in [0.25, 0.3) is 0 Å². The van der Waals surface area contributed by atoms with Crippen LogP contribution in [0.2, 0.25) is 0 Å². The van der Waals surface area contributed by atoms with E-state index < -0.39 is 0 Å². The number of ether oxygens (including phenoxy) is 1. The number of hydrogen-bond donors (Lipinski definition) is 2. The quantitative estimate of drug-likeness (QED) is 0.275. The van der Waals surface area contributed by atoms with Crippen LogP contribution in [0.4, 0.5) is 4.39 Å². The fraction of sp³-hybridized carbons (Fsp3) is 0.174. The van der Waals surface area contributed by atoms with Crippen molar-refractivity contribution in [3.63, 3.8) is 0 Å². The van der Waals surface area contributed by atoms with Gasteiger partial charge in [-0.15, -0.1) is 21.5 Å². The van der Waals surface area contributed by atoms with Crippen molar-refractivity contribution in [1.29, 1.82) is 0 Å². The molecule has 2 heterocycles. The number of carbonyl (C=O) groups is 1. The Balaban J connectivity index is 1.36. The van der Waals surface area contributed by atoms with Gasteiger partial charge >= 0.3 is 0 Å². The number of nitrogens with one attached hydrogen (secondary N) is 1. The number of nitrogens with two attached hydrogens (primary N) is 1. The van der Waals surface area contributed by atoms with Gasteiger partial charge in [-0.25, -0.2) is 9.07 Å². The number of thiophene rings is 1. The summed E-state index contributed by atoms with van der Waals surface area (Å²) in [7, 11) is 0. The van der Waals surface area contributed by atoms with E-state index in [0.717, 1.165) is 16.0 Å². The lowest BCUT2D eigenvalue weighted by atomic mass is 10.0. The van der Waals surface area contributed by atoms with Crippen molar-refractivity contribution in [2.24, 2.45) is 0 Å². The summed E-state index contributed by atoms with van der Waals surface area (Å²) >= 11 is 2.78. The molecule has 0 fully saturated rings. The van der Waals surface area contributed by atoms with Gasteiger partial charge < -0.3 is 15.9 Å². The molecule has 0 bridgehead atoms. The van der Waals surface area contributed by atoms with Gasteiger partial charge in [0, 0.05) is 4.88 Å². The Morgan fingerprint density at radius 2 is 1.94 bits per heavy atom. The van der Waals surface area contributed by atoms with Crippen molar-refractivity contribution in [2.45, 2.75) is 24.7 Å². The molecule has 0 aliphatic heterocycles. The van der Waals surface area contributed by atoms with Gasteiger partial charge in [-0.3, -0.25) is 4.79 Å². The first-order valence-corrected chi connectivity index (χ1v) is 12.0. The molecule has 0 spiro atoms. The van der Waals surface area contributed by atoms with E-state index in [-0.39, 0.29) is 30.1 Å². The first-order chi connectivity index (χ1) is 16.0. The average Bonchev–Trinajstić information content (AvgIpc) is 3.47. The SMILES string of the molecule is Cc1ccc([C@H](NC(=O)CSc2nnc(COc3ccc(F)cc3)n2N)c2cccs2)cc1. The fourth-order valence-electron chi connectivity index (χ4n) is 3.05. The van der Waals surface area contributed by atoms with Crippen LogP contribution < -0.4 is 15.9 Å². The molecule has 0 saturated heterocycles. The topological polar surface area (TPSA) is 95.1 Å².